The number of nitrogens with one attached hydrogen (secondary N) is 4. The molecule has 0 saturated carbocycles. The highest BCUT2D eigenvalue weighted by atomic mass is 16.2. The number of Topliss-reactive ketones (excluding diaryl/α,β-unsaturated/α-hetero) is 1. The lowest BCUT2D eigenvalue weighted by Crippen LogP contribution is -2.32. The van der Waals surface area contributed by atoms with Crippen LogP contribution in [-0.2, 0) is 4.79 Å². The molecule has 0 aliphatic heterocycles. The van der Waals surface area contributed by atoms with Gasteiger partial charge in [-0.25, -0.2) is 0 Å². The Balaban J connectivity index is 1.59. The van der Waals surface area contributed by atoms with Crippen LogP contribution in [0.15, 0.2) is 60.7 Å². The Bertz CT molecular complexity index is 1420. The van der Waals surface area contributed by atoms with Crippen LogP contribution in [0.25, 0.3) is 0 Å². The average molecular weight is 524 g/mol. The van der Waals surface area contributed by atoms with Gasteiger partial charge in [0, 0.05) is 22.6 Å². The molecule has 1 amide bonds. The van der Waals surface area contributed by atoms with Crippen molar-refractivity contribution in [2.75, 3.05) is 21.3 Å². The summed E-state index contributed by atoms with van der Waals surface area (Å²) in [5.74, 6) is 0.500. The quantitative estimate of drug-likeness (QED) is 0.190. The molecule has 200 valence electrons. The van der Waals surface area contributed by atoms with E-state index in [0.717, 1.165) is 33.6 Å². The molecule has 0 spiro atoms. The number of hydrogen-bond acceptors (Lipinski definition) is 8. The molecule has 4 N–H and O–H groups in total. The van der Waals surface area contributed by atoms with Crippen molar-refractivity contribution in [1.82, 2.24) is 15.0 Å². The van der Waals surface area contributed by atoms with E-state index in [1.54, 1.807) is 31.2 Å². The molecule has 9 heteroatoms. The molecule has 4 rings (SSSR count). The van der Waals surface area contributed by atoms with Crippen LogP contribution in [0.4, 0.5) is 34.9 Å². The van der Waals surface area contributed by atoms with Crippen molar-refractivity contribution in [3.63, 3.8) is 0 Å². The minimum absolute atomic E-state index is 0.0740. The Morgan fingerprint density at radius 1 is 0.667 bits per heavy atom. The Hall–Kier alpha value is -4.79. The number of benzene rings is 3. The standard InChI is InChI=1S/C30H33N7O2/c1-17-10-18(2)13-25(12-17)33-29-35-28(36-30(37-29)34-26-14-19(3)11-20(4)15-26)31-21(5)27(39)32-24-9-7-8-23(16-24)22(6)38/h7-16,21H,1-6H3,(H,32,39)(H3,31,33,34,35,36,37)/t21-/m1/s1. The van der Waals surface area contributed by atoms with E-state index in [2.05, 4.69) is 48.4 Å². The predicted octanol–water partition coefficient (Wildman–Crippen LogP) is 6.23. The van der Waals surface area contributed by atoms with E-state index in [-0.39, 0.29) is 17.6 Å². The van der Waals surface area contributed by atoms with Gasteiger partial charge in [0.1, 0.15) is 6.04 Å². The van der Waals surface area contributed by atoms with Crippen molar-refractivity contribution in [2.45, 2.75) is 47.6 Å². The van der Waals surface area contributed by atoms with Gasteiger partial charge in [0.15, 0.2) is 5.78 Å². The molecule has 4 aromatic rings. The number of hydrogen-bond donors (Lipinski definition) is 4. The van der Waals surface area contributed by atoms with Gasteiger partial charge in [-0.1, -0.05) is 24.3 Å². The fourth-order valence-electron chi connectivity index (χ4n) is 4.23. The van der Waals surface area contributed by atoms with Gasteiger partial charge >= 0.3 is 0 Å². The summed E-state index contributed by atoms with van der Waals surface area (Å²) < 4.78 is 0. The molecule has 1 atom stereocenters. The van der Waals surface area contributed by atoms with Crippen molar-refractivity contribution >= 4 is 46.6 Å². The minimum Gasteiger partial charge on any atom is -0.342 e. The van der Waals surface area contributed by atoms with Gasteiger partial charge in [-0.05, 0) is 100 Å². The van der Waals surface area contributed by atoms with Crippen LogP contribution in [0.5, 0.6) is 0 Å². The molecule has 0 fully saturated rings. The molecular weight excluding hydrogens is 490 g/mol. The second kappa shape index (κ2) is 11.7. The van der Waals surface area contributed by atoms with Crippen LogP contribution in [0.1, 0.15) is 46.5 Å². The number of amides is 1. The third kappa shape index (κ3) is 7.61. The lowest BCUT2D eigenvalue weighted by atomic mass is 10.1. The van der Waals surface area contributed by atoms with E-state index >= 15 is 0 Å². The summed E-state index contributed by atoms with van der Waals surface area (Å²) in [4.78, 5) is 38.3. The molecule has 1 aromatic heterocycles. The highest BCUT2D eigenvalue weighted by Gasteiger charge is 2.17. The van der Waals surface area contributed by atoms with E-state index < -0.39 is 6.04 Å². The topological polar surface area (TPSA) is 121 Å². The minimum atomic E-state index is -0.684. The van der Waals surface area contributed by atoms with Crippen LogP contribution in [0.2, 0.25) is 0 Å². The Kier molecular flexibility index (Phi) is 8.19. The SMILES string of the molecule is CC(=O)c1cccc(NC(=O)[C@@H](C)Nc2nc(Nc3cc(C)cc(C)c3)nc(Nc3cc(C)cc(C)c3)n2)c1. The first-order valence-corrected chi connectivity index (χ1v) is 12.7. The van der Waals surface area contributed by atoms with Crippen molar-refractivity contribution in [1.29, 1.82) is 0 Å². The molecule has 0 aliphatic rings. The van der Waals surface area contributed by atoms with E-state index in [9.17, 15) is 9.59 Å². The summed E-state index contributed by atoms with van der Waals surface area (Å²) in [6, 6.07) is 18.3. The number of aromatic nitrogens is 3. The third-order valence-electron chi connectivity index (χ3n) is 5.87. The van der Waals surface area contributed by atoms with Gasteiger partial charge in [0.2, 0.25) is 23.8 Å². The number of ketones is 1. The molecule has 1 heterocycles. The molecule has 0 unspecified atom stereocenters. The molecule has 0 saturated heterocycles. The maximum absolute atomic E-state index is 12.9. The summed E-state index contributed by atoms with van der Waals surface area (Å²) in [5.41, 5.74) is 7.18. The number of nitrogens with zero attached hydrogens (tertiary/aromatic N) is 3. The zero-order valence-electron chi connectivity index (χ0n) is 23.0. The van der Waals surface area contributed by atoms with Gasteiger partial charge < -0.3 is 21.3 Å². The normalized spacial score (nSPS) is 11.4. The molecular formula is C30H33N7O2. The summed E-state index contributed by atoms with van der Waals surface area (Å²) in [5, 5.41) is 12.4. The molecule has 0 radical (unpaired) electrons. The number of aryl methyl sites for hydroxylation is 4. The lowest BCUT2D eigenvalue weighted by Gasteiger charge is -2.16. The van der Waals surface area contributed by atoms with Crippen LogP contribution in [-0.4, -0.2) is 32.7 Å². The zero-order chi connectivity index (χ0) is 28.1. The highest BCUT2D eigenvalue weighted by Crippen LogP contribution is 2.22. The number of carbonyl (C=O) groups is 2. The van der Waals surface area contributed by atoms with Crippen molar-refractivity contribution in [3.05, 3.63) is 88.5 Å². The summed E-state index contributed by atoms with van der Waals surface area (Å²) >= 11 is 0. The molecule has 0 aliphatic carbocycles. The molecule has 39 heavy (non-hydrogen) atoms. The van der Waals surface area contributed by atoms with Crippen LogP contribution in [0.3, 0.4) is 0 Å². The summed E-state index contributed by atoms with van der Waals surface area (Å²) in [6.45, 7) is 11.3. The van der Waals surface area contributed by atoms with Gasteiger partial charge in [-0.2, -0.15) is 15.0 Å². The fourth-order valence-corrected chi connectivity index (χ4v) is 4.23. The van der Waals surface area contributed by atoms with Crippen molar-refractivity contribution in [3.8, 4) is 0 Å². The van der Waals surface area contributed by atoms with E-state index in [4.69, 9.17) is 0 Å². The Morgan fingerprint density at radius 2 is 1.15 bits per heavy atom. The Morgan fingerprint density at radius 3 is 1.64 bits per heavy atom. The van der Waals surface area contributed by atoms with Crippen molar-refractivity contribution in [2.24, 2.45) is 0 Å². The predicted molar refractivity (Wildman–Crippen MR) is 156 cm³/mol. The molecule has 3 aromatic carbocycles. The molecule has 9 nitrogen and oxygen atoms in total. The van der Waals surface area contributed by atoms with E-state index in [0.29, 0.717) is 23.1 Å². The second-order valence-corrected chi connectivity index (χ2v) is 9.80. The lowest BCUT2D eigenvalue weighted by molar-refractivity contribution is -0.116. The van der Waals surface area contributed by atoms with Gasteiger partial charge in [0.05, 0.1) is 0 Å². The van der Waals surface area contributed by atoms with E-state index in [1.807, 2.05) is 52.0 Å². The largest absolute Gasteiger partial charge is 0.342 e. The monoisotopic (exact) mass is 523 g/mol. The Labute approximate surface area is 228 Å². The second-order valence-electron chi connectivity index (χ2n) is 9.80. The van der Waals surface area contributed by atoms with Crippen LogP contribution >= 0.6 is 0 Å². The van der Waals surface area contributed by atoms with Crippen molar-refractivity contribution < 1.29 is 9.59 Å². The summed E-state index contributed by atoms with van der Waals surface area (Å²) in [7, 11) is 0. The van der Waals surface area contributed by atoms with E-state index in [1.165, 1.54) is 6.92 Å². The fraction of sp³-hybridized carbons (Fsp3) is 0.233. The first kappa shape index (κ1) is 27.3. The van der Waals surface area contributed by atoms with Gasteiger partial charge in [0.25, 0.3) is 0 Å². The summed E-state index contributed by atoms with van der Waals surface area (Å²) in [6.07, 6.45) is 0. The number of rotatable bonds is 9. The first-order chi connectivity index (χ1) is 18.5. The van der Waals surface area contributed by atoms with Gasteiger partial charge in [-0.3, -0.25) is 9.59 Å². The third-order valence-corrected chi connectivity index (χ3v) is 5.87. The van der Waals surface area contributed by atoms with Gasteiger partial charge in [-0.15, -0.1) is 0 Å². The maximum Gasteiger partial charge on any atom is 0.246 e. The molecule has 0 bridgehead atoms. The highest BCUT2D eigenvalue weighted by molar-refractivity contribution is 5.99. The average Bonchev–Trinajstić information content (AvgIpc) is 2.82. The number of anilines is 6. The van der Waals surface area contributed by atoms with Crippen LogP contribution in [0, 0.1) is 27.7 Å². The zero-order valence-corrected chi connectivity index (χ0v) is 23.0. The van der Waals surface area contributed by atoms with Crippen LogP contribution < -0.4 is 21.3 Å². The number of carbonyl (C=O) groups excluding carboxylic acids is 2. The smallest absolute Gasteiger partial charge is 0.246 e. The first-order valence-electron chi connectivity index (χ1n) is 12.7. The maximum atomic E-state index is 12.9.